The Morgan fingerprint density at radius 1 is 0.289 bits per heavy atom. The Bertz CT molecular complexity index is 4280. The smallest absolute Gasteiger partial charge is 0.227 e. The maximum atomic E-state index is 6.10. The van der Waals surface area contributed by atoms with Gasteiger partial charge in [-0.05, 0) is 191 Å². The molecule has 0 saturated carbocycles. The summed E-state index contributed by atoms with van der Waals surface area (Å²) in [6.45, 7) is 4.29. The summed E-state index contributed by atoms with van der Waals surface area (Å²) in [7, 11) is 0. The number of anilines is 6. The van der Waals surface area contributed by atoms with E-state index in [4.69, 9.17) is 18.8 Å². The number of hydrogen-bond donors (Lipinski definition) is 0. The summed E-state index contributed by atoms with van der Waals surface area (Å²) in [6, 6.07) is 105. The van der Waals surface area contributed by atoms with E-state index in [-0.39, 0.29) is 0 Å². The lowest BCUT2D eigenvalue weighted by molar-refractivity contribution is 0.619. The molecule has 2 aromatic heterocycles. The number of aromatic nitrogens is 2. The first-order chi connectivity index (χ1) is 40.9. The van der Waals surface area contributed by atoms with Crippen LogP contribution in [0, 0.1) is 13.8 Å². The molecule has 0 atom stereocenters. The highest BCUT2D eigenvalue weighted by molar-refractivity contribution is 5.92. The van der Waals surface area contributed by atoms with Crippen LogP contribution in [0.5, 0.6) is 0 Å². The van der Waals surface area contributed by atoms with Crippen molar-refractivity contribution in [2.75, 3.05) is 9.80 Å². The Kier molecular flexibility index (Phi) is 12.1. The van der Waals surface area contributed by atoms with E-state index in [0.29, 0.717) is 11.8 Å². The van der Waals surface area contributed by atoms with Gasteiger partial charge in [-0.3, -0.25) is 0 Å². The van der Waals surface area contributed by atoms with E-state index in [2.05, 4.69) is 266 Å². The summed E-state index contributed by atoms with van der Waals surface area (Å²) in [6.07, 6.45) is 0. The molecule has 12 aromatic carbocycles. The third-order valence-electron chi connectivity index (χ3n) is 16.4. The van der Waals surface area contributed by atoms with Gasteiger partial charge >= 0.3 is 0 Å². The van der Waals surface area contributed by atoms with Crippen LogP contribution in [-0.4, -0.2) is 9.97 Å². The van der Waals surface area contributed by atoms with Gasteiger partial charge in [-0.15, -0.1) is 0 Å². The Morgan fingerprint density at radius 3 is 0.952 bits per heavy atom. The molecule has 0 fully saturated rings. The molecule has 0 unspecified atom stereocenters. The number of fused-ring (bicyclic) bond motifs is 5. The number of aryl methyl sites for hydroxylation is 2. The van der Waals surface area contributed by atoms with E-state index in [1.54, 1.807) is 0 Å². The van der Waals surface area contributed by atoms with Crippen molar-refractivity contribution in [3.8, 4) is 56.3 Å². The molecule has 0 bridgehead atoms. The van der Waals surface area contributed by atoms with Gasteiger partial charge in [-0.25, -0.2) is 9.97 Å². The topological polar surface area (TPSA) is 58.5 Å². The molecule has 6 nitrogen and oxygen atoms in total. The predicted molar refractivity (Wildman–Crippen MR) is 339 cm³/mol. The van der Waals surface area contributed by atoms with Gasteiger partial charge in [-0.2, -0.15) is 0 Å². The Balaban J connectivity index is 0.828. The molecule has 2 heterocycles. The zero-order valence-corrected chi connectivity index (χ0v) is 45.8. The Hall–Kier alpha value is -10.8. The third-order valence-corrected chi connectivity index (χ3v) is 16.4. The van der Waals surface area contributed by atoms with Crippen LogP contribution in [0.25, 0.3) is 78.5 Å². The van der Waals surface area contributed by atoms with E-state index in [0.717, 1.165) is 89.7 Å². The van der Waals surface area contributed by atoms with Crippen LogP contribution in [0.15, 0.2) is 300 Å². The number of oxazole rings is 2. The fourth-order valence-corrected chi connectivity index (χ4v) is 12.2. The first-order valence-corrected chi connectivity index (χ1v) is 28.2. The van der Waals surface area contributed by atoms with Crippen molar-refractivity contribution in [3.63, 3.8) is 0 Å². The molecule has 0 spiro atoms. The normalized spacial score (nSPS) is 12.3. The van der Waals surface area contributed by atoms with Crippen LogP contribution >= 0.6 is 0 Å². The van der Waals surface area contributed by atoms with Gasteiger partial charge < -0.3 is 18.6 Å². The maximum Gasteiger partial charge on any atom is 0.227 e. The first-order valence-electron chi connectivity index (χ1n) is 28.2. The summed E-state index contributed by atoms with van der Waals surface area (Å²) in [4.78, 5) is 14.3. The van der Waals surface area contributed by atoms with Gasteiger partial charge in [0.1, 0.15) is 11.0 Å². The fraction of sp³-hybridized carbons (Fsp3) is 0.0390. The van der Waals surface area contributed by atoms with Crippen molar-refractivity contribution < 1.29 is 8.83 Å². The predicted octanol–water partition coefficient (Wildman–Crippen LogP) is 20.6. The Morgan fingerprint density at radius 2 is 0.590 bits per heavy atom. The maximum absolute atomic E-state index is 6.10. The fourth-order valence-electron chi connectivity index (χ4n) is 12.2. The van der Waals surface area contributed by atoms with Crippen molar-refractivity contribution in [1.29, 1.82) is 0 Å². The highest BCUT2D eigenvalue weighted by Crippen LogP contribution is 2.58. The van der Waals surface area contributed by atoms with Crippen LogP contribution in [0.3, 0.4) is 0 Å². The SMILES string of the molecule is Cc1ccc(N(c2ccc(-c3ccc(-c4nc5ccccc5o4)cc3)cc2)c2ccc3c(c2)C(c2ccccc2)(c2ccccc2)c2cc(N(c4ccc(C)cc4)c4ccc(-c5ccc(-c6nc7ccccc7o6)cc5)cc4)ccc2-3)cc1. The van der Waals surface area contributed by atoms with Gasteiger partial charge in [0.2, 0.25) is 11.8 Å². The molecule has 0 radical (unpaired) electrons. The number of nitrogens with zero attached hydrogens (tertiary/aromatic N) is 4. The monoisotopic (exact) mass is 1070 g/mol. The number of rotatable bonds is 12. The second-order valence-corrected chi connectivity index (χ2v) is 21.5. The molecule has 0 N–H and O–H groups in total. The van der Waals surface area contributed by atoms with Gasteiger partial charge in [-0.1, -0.05) is 181 Å². The van der Waals surface area contributed by atoms with E-state index < -0.39 is 5.41 Å². The minimum atomic E-state index is -0.696. The molecule has 0 aliphatic heterocycles. The third kappa shape index (κ3) is 8.76. The van der Waals surface area contributed by atoms with E-state index in [1.165, 1.54) is 44.5 Å². The molecule has 83 heavy (non-hydrogen) atoms. The second kappa shape index (κ2) is 20.4. The Labute approximate surface area is 482 Å². The average Bonchev–Trinajstić information content (AvgIpc) is 1.98. The van der Waals surface area contributed by atoms with E-state index in [9.17, 15) is 0 Å². The van der Waals surface area contributed by atoms with Crippen LogP contribution < -0.4 is 9.80 Å². The average molecular weight is 1070 g/mol. The summed E-state index contributed by atoms with van der Waals surface area (Å²) in [5, 5.41) is 0. The zero-order chi connectivity index (χ0) is 55.4. The largest absolute Gasteiger partial charge is 0.436 e. The summed E-state index contributed by atoms with van der Waals surface area (Å²) in [5.74, 6) is 1.24. The van der Waals surface area contributed by atoms with Gasteiger partial charge in [0.05, 0.1) is 5.41 Å². The molecular weight excluding hydrogens is 1010 g/mol. The molecule has 394 valence electrons. The number of hydrogen-bond acceptors (Lipinski definition) is 6. The minimum absolute atomic E-state index is 0.618. The van der Waals surface area contributed by atoms with Crippen molar-refractivity contribution in [3.05, 3.63) is 325 Å². The van der Waals surface area contributed by atoms with Gasteiger partial charge in [0.15, 0.2) is 11.2 Å². The summed E-state index contributed by atoms with van der Waals surface area (Å²) < 4.78 is 12.2. The lowest BCUT2D eigenvalue weighted by atomic mass is 9.67. The second-order valence-electron chi connectivity index (χ2n) is 21.5. The van der Waals surface area contributed by atoms with Crippen LogP contribution in [0.4, 0.5) is 34.1 Å². The van der Waals surface area contributed by atoms with Gasteiger partial charge in [0, 0.05) is 45.3 Å². The summed E-state index contributed by atoms with van der Waals surface area (Å²) in [5.41, 5.74) is 25.0. The van der Waals surface area contributed by atoms with Crippen LogP contribution in [0.2, 0.25) is 0 Å². The highest BCUT2D eigenvalue weighted by atomic mass is 16.4. The van der Waals surface area contributed by atoms with Crippen molar-refractivity contribution in [2.24, 2.45) is 0 Å². The molecule has 15 rings (SSSR count). The quantitative estimate of drug-likeness (QED) is 0.122. The molecule has 0 amide bonds. The molecule has 6 heteroatoms. The molecule has 1 aliphatic carbocycles. The minimum Gasteiger partial charge on any atom is -0.436 e. The first kappa shape index (κ1) is 49.2. The lowest BCUT2D eigenvalue weighted by Gasteiger charge is -2.35. The van der Waals surface area contributed by atoms with Crippen molar-refractivity contribution >= 4 is 56.3 Å². The molecule has 1 aliphatic rings. The molecular formula is C77H54N4O2. The number of benzene rings is 12. The zero-order valence-electron chi connectivity index (χ0n) is 45.8. The van der Waals surface area contributed by atoms with Crippen LogP contribution in [0.1, 0.15) is 33.4 Å². The standard InChI is InChI=1S/C77H54N4O2/c1-51-21-37-61(38-22-51)80(63-41-33-55(34-42-63)53-25-29-57(30-26-53)75-78-71-17-9-11-19-73(71)82-75)65-45-47-67-68-48-46-66(50-70(68)77(69(67)49-65,59-13-5-3-6-14-59)60-15-7-4-8-16-60)81(62-39-23-52(2)24-40-62)64-43-35-56(36-44-64)54-27-31-58(32-28-54)76-79-72-18-10-12-20-74(72)83-76/h3-50H,1-2H3. The molecule has 14 aromatic rings. The van der Waals surface area contributed by atoms with Crippen molar-refractivity contribution in [2.45, 2.75) is 19.3 Å². The number of para-hydroxylation sites is 4. The molecule has 0 saturated heterocycles. The van der Waals surface area contributed by atoms with Gasteiger partial charge in [0.25, 0.3) is 0 Å². The summed E-state index contributed by atoms with van der Waals surface area (Å²) >= 11 is 0. The van der Waals surface area contributed by atoms with Crippen LogP contribution in [-0.2, 0) is 5.41 Å². The highest BCUT2D eigenvalue weighted by Gasteiger charge is 2.47. The van der Waals surface area contributed by atoms with Crippen molar-refractivity contribution in [1.82, 2.24) is 9.97 Å². The van der Waals surface area contributed by atoms with E-state index in [1.807, 2.05) is 48.5 Å². The van der Waals surface area contributed by atoms with E-state index >= 15 is 0 Å². The lowest BCUT2D eigenvalue weighted by Crippen LogP contribution is -2.29.